The van der Waals surface area contributed by atoms with Gasteiger partial charge in [-0.15, -0.1) is 0 Å². The molecule has 0 bridgehead atoms. The molecule has 200 valence electrons. The number of rotatable bonds is 9. The second-order valence-electron chi connectivity index (χ2n) is 11.1. The van der Waals surface area contributed by atoms with Gasteiger partial charge in [0.1, 0.15) is 6.04 Å². The average Bonchev–Trinajstić information content (AvgIpc) is 3.17. The van der Waals surface area contributed by atoms with Crippen LogP contribution in [0.4, 0.5) is 0 Å². The molecule has 0 aromatic carbocycles. The van der Waals surface area contributed by atoms with E-state index in [1.807, 2.05) is 13.8 Å². The lowest BCUT2D eigenvalue weighted by Crippen LogP contribution is -2.53. The lowest BCUT2D eigenvalue weighted by Gasteiger charge is -2.31. The van der Waals surface area contributed by atoms with Gasteiger partial charge >= 0.3 is 0 Å². The molecule has 2 unspecified atom stereocenters. The van der Waals surface area contributed by atoms with Crippen LogP contribution in [0.1, 0.15) is 104 Å². The van der Waals surface area contributed by atoms with Crippen LogP contribution in [0.25, 0.3) is 0 Å². The smallest absolute Gasteiger partial charge is 0.242 e. The summed E-state index contributed by atoms with van der Waals surface area (Å²) < 4.78 is 0. The Morgan fingerprint density at radius 2 is 1.83 bits per heavy atom. The highest BCUT2D eigenvalue weighted by Crippen LogP contribution is 2.36. The third kappa shape index (κ3) is 9.59. The van der Waals surface area contributed by atoms with E-state index in [1.54, 1.807) is 0 Å². The fraction of sp³-hybridized carbons (Fsp3) is 0.821. The summed E-state index contributed by atoms with van der Waals surface area (Å²) in [6, 6.07) is -1.18. The van der Waals surface area contributed by atoms with E-state index in [0.717, 1.165) is 38.5 Å². The van der Waals surface area contributed by atoms with Crippen LogP contribution < -0.4 is 16.0 Å². The molecule has 7 nitrogen and oxygen atoms in total. The zero-order chi connectivity index (χ0) is 25.7. The molecule has 1 saturated heterocycles. The Labute approximate surface area is 212 Å². The molecule has 1 spiro atoms. The van der Waals surface area contributed by atoms with Crippen LogP contribution in [0.2, 0.25) is 0 Å². The quantitative estimate of drug-likeness (QED) is 0.289. The van der Waals surface area contributed by atoms with E-state index in [9.17, 15) is 19.5 Å². The third-order valence-corrected chi connectivity index (χ3v) is 7.54. The molecule has 2 aliphatic rings. The molecule has 3 amide bonds. The van der Waals surface area contributed by atoms with E-state index in [4.69, 9.17) is 0 Å². The van der Waals surface area contributed by atoms with Crippen molar-refractivity contribution in [1.29, 1.82) is 0 Å². The minimum Gasteiger partial charge on any atom is -0.394 e. The maximum atomic E-state index is 13.3. The van der Waals surface area contributed by atoms with Crippen LogP contribution in [0.3, 0.4) is 0 Å². The molecule has 0 radical (unpaired) electrons. The van der Waals surface area contributed by atoms with Crippen molar-refractivity contribution in [2.24, 2.45) is 17.3 Å². The van der Waals surface area contributed by atoms with E-state index >= 15 is 0 Å². The average molecular weight is 492 g/mol. The Morgan fingerprint density at radius 3 is 2.49 bits per heavy atom. The van der Waals surface area contributed by atoms with Crippen molar-refractivity contribution in [2.45, 2.75) is 116 Å². The largest absolute Gasteiger partial charge is 0.394 e. The number of hydrogen-bond donors (Lipinski definition) is 4. The fourth-order valence-corrected chi connectivity index (χ4v) is 5.43. The van der Waals surface area contributed by atoms with E-state index in [-0.39, 0.29) is 36.2 Å². The van der Waals surface area contributed by atoms with Crippen LogP contribution in [0, 0.1) is 17.3 Å². The second-order valence-corrected chi connectivity index (χ2v) is 11.1. The standard InChI is InChI=1S/C28H49N3O4/c1-4-5-6-7-10-13-22-14-11-8-9-12-15-28(16-17-29-27(28)35)19-23(20-32)30-26(34)24(18-21(2)3)31-25(22)33/h9,12,21-24,32H,4-8,10-11,13-20H2,1-3H3,(H,29,35)(H,30,34)(H,31,33)/b12-9-/t22?,23-,24-,28?/m0/s1. The number of hydrogen-bond acceptors (Lipinski definition) is 4. The Balaban J connectivity index is 2.20. The van der Waals surface area contributed by atoms with Crippen molar-refractivity contribution < 1.29 is 19.5 Å². The molecule has 0 aromatic rings. The Morgan fingerprint density at radius 1 is 1.06 bits per heavy atom. The minimum absolute atomic E-state index is 0.00524. The molecule has 4 atom stereocenters. The van der Waals surface area contributed by atoms with Gasteiger partial charge in [-0.1, -0.05) is 65.0 Å². The second kappa shape index (κ2) is 15.3. The van der Waals surface area contributed by atoms with Gasteiger partial charge in [0.05, 0.1) is 18.1 Å². The summed E-state index contributed by atoms with van der Waals surface area (Å²) in [6.07, 6.45) is 15.6. The highest BCUT2D eigenvalue weighted by molar-refractivity contribution is 5.89. The van der Waals surface area contributed by atoms with Crippen molar-refractivity contribution in [3.05, 3.63) is 12.2 Å². The molecule has 7 heteroatoms. The summed E-state index contributed by atoms with van der Waals surface area (Å²) in [4.78, 5) is 39.3. The van der Waals surface area contributed by atoms with Gasteiger partial charge in [-0.05, 0) is 57.3 Å². The maximum Gasteiger partial charge on any atom is 0.242 e. The van der Waals surface area contributed by atoms with Crippen molar-refractivity contribution >= 4 is 17.7 Å². The number of aliphatic hydroxyl groups excluding tert-OH is 1. The molecule has 4 N–H and O–H groups in total. The Hall–Kier alpha value is -1.89. The molecule has 2 rings (SSSR count). The Kier molecular flexibility index (Phi) is 12.8. The topological polar surface area (TPSA) is 108 Å². The third-order valence-electron chi connectivity index (χ3n) is 7.54. The molecule has 0 saturated carbocycles. The van der Waals surface area contributed by atoms with Gasteiger partial charge in [0.15, 0.2) is 0 Å². The lowest BCUT2D eigenvalue weighted by molar-refractivity contribution is -0.133. The first-order chi connectivity index (χ1) is 16.8. The van der Waals surface area contributed by atoms with E-state index < -0.39 is 17.5 Å². The van der Waals surface area contributed by atoms with Crippen molar-refractivity contribution in [3.63, 3.8) is 0 Å². The summed E-state index contributed by atoms with van der Waals surface area (Å²) >= 11 is 0. The van der Waals surface area contributed by atoms with Gasteiger partial charge in [-0.3, -0.25) is 14.4 Å². The summed E-state index contributed by atoms with van der Waals surface area (Å²) in [6.45, 7) is 6.64. The number of aliphatic hydroxyl groups is 1. The van der Waals surface area contributed by atoms with Crippen molar-refractivity contribution in [1.82, 2.24) is 16.0 Å². The van der Waals surface area contributed by atoms with Gasteiger partial charge < -0.3 is 21.1 Å². The summed E-state index contributed by atoms with van der Waals surface area (Å²) in [7, 11) is 0. The number of carbonyl (C=O) groups is 3. The summed E-state index contributed by atoms with van der Waals surface area (Å²) in [5.41, 5.74) is -0.616. The van der Waals surface area contributed by atoms with Gasteiger partial charge in [-0.25, -0.2) is 0 Å². The molecule has 0 aliphatic carbocycles. The molecule has 0 aromatic heterocycles. The fourth-order valence-electron chi connectivity index (χ4n) is 5.43. The molecule has 1 fully saturated rings. The van der Waals surface area contributed by atoms with Crippen LogP contribution in [0.5, 0.6) is 0 Å². The first-order valence-corrected chi connectivity index (χ1v) is 14.0. The van der Waals surface area contributed by atoms with E-state index in [0.29, 0.717) is 32.2 Å². The normalized spacial score (nSPS) is 29.9. The van der Waals surface area contributed by atoms with Gasteiger partial charge in [0.2, 0.25) is 17.7 Å². The minimum atomic E-state index is -0.643. The van der Waals surface area contributed by atoms with Crippen LogP contribution in [-0.4, -0.2) is 48.1 Å². The first kappa shape index (κ1) is 29.3. The summed E-state index contributed by atoms with van der Waals surface area (Å²) in [5, 5.41) is 19.0. The van der Waals surface area contributed by atoms with Crippen LogP contribution in [-0.2, 0) is 14.4 Å². The van der Waals surface area contributed by atoms with Gasteiger partial charge in [0.25, 0.3) is 0 Å². The lowest BCUT2D eigenvalue weighted by atomic mass is 9.77. The number of carbonyl (C=O) groups excluding carboxylic acids is 3. The number of amides is 3. The maximum absolute atomic E-state index is 13.3. The molecular formula is C28H49N3O4. The highest BCUT2D eigenvalue weighted by atomic mass is 16.3. The molecule has 35 heavy (non-hydrogen) atoms. The predicted octanol–water partition coefficient (Wildman–Crippen LogP) is 4.00. The van der Waals surface area contributed by atoms with E-state index in [2.05, 4.69) is 35.0 Å². The van der Waals surface area contributed by atoms with Gasteiger partial charge in [0, 0.05) is 12.5 Å². The predicted molar refractivity (Wildman–Crippen MR) is 140 cm³/mol. The zero-order valence-corrected chi connectivity index (χ0v) is 22.2. The monoisotopic (exact) mass is 491 g/mol. The highest BCUT2D eigenvalue weighted by Gasteiger charge is 2.43. The van der Waals surface area contributed by atoms with E-state index in [1.165, 1.54) is 19.3 Å². The van der Waals surface area contributed by atoms with Gasteiger partial charge in [-0.2, -0.15) is 0 Å². The summed E-state index contributed by atoms with van der Waals surface area (Å²) in [5.74, 6) is -0.184. The molecule has 2 aliphatic heterocycles. The SMILES string of the molecule is CCCCCCCC1CCC/C=C\CC2(CCNC2=O)C[C@@H](CO)NC(=O)[C@H](CC(C)C)NC1=O. The van der Waals surface area contributed by atoms with Crippen LogP contribution in [0.15, 0.2) is 12.2 Å². The van der Waals surface area contributed by atoms with Crippen LogP contribution >= 0.6 is 0 Å². The number of unbranched alkanes of at least 4 members (excludes halogenated alkanes) is 4. The number of allylic oxidation sites excluding steroid dienone is 2. The molecular weight excluding hydrogens is 442 g/mol. The first-order valence-electron chi connectivity index (χ1n) is 14.0. The zero-order valence-electron chi connectivity index (χ0n) is 22.2. The van der Waals surface area contributed by atoms with Crippen molar-refractivity contribution in [2.75, 3.05) is 13.2 Å². The number of nitrogens with one attached hydrogen (secondary N) is 3. The van der Waals surface area contributed by atoms with Crippen molar-refractivity contribution in [3.8, 4) is 0 Å². The Bertz CT molecular complexity index is 708. The molecule has 2 heterocycles.